The van der Waals surface area contributed by atoms with Crippen molar-refractivity contribution in [2.45, 2.75) is 25.9 Å². The van der Waals surface area contributed by atoms with E-state index in [9.17, 15) is 0 Å². The van der Waals surface area contributed by atoms with E-state index in [4.69, 9.17) is 16.9 Å². The lowest BCUT2D eigenvalue weighted by Crippen LogP contribution is -2.15. The van der Waals surface area contributed by atoms with Crippen molar-refractivity contribution in [3.05, 3.63) is 0 Å². The Bertz CT molecular complexity index is 136. The van der Waals surface area contributed by atoms with E-state index < -0.39 is 6.04 Å². The molecule has 0 saturated heterocycles. The van der Waals surface area contributed by atoms with Gasteiger partial charge >= 0.3 is 0 Å². The lowest BCUT2D eigenvalue weighted by molar-refractivity contribution is 0.367. The highest BCUT2D eigenvalue weighted by Crippen LogP contribution is 2.53. The lowest BCUT2D eigenvalue weighted by atomic mass is 10.3. The molecule has 56 valence electrons. The van der Waals surface area contributed by atoms with Gasteiger partial charge in [0.15, 0.2) is 0 Å². The van der Waals surface area contributed by atoms with Crippen LogP contribution in [0, 0.1) is 0 Å². The molecule has 0 aromatic heterocycles. The molecule has 1 atom stereocenters. The molecule has 0 radical (unpaired) electrons. The van der Waals surface area contributed by atoms with Gasteiger partial charge < -0.3 is 5.11 Å². The van der Waals surface area contributed by atoms with Crippen molar-refractivity contribution < 1.29 is 5.11 Å². The maximum Gasteiger partial charge on any atom is 0.0719 e. The molecule has 0 unspecified atom stereocenters. The largest absolute Gasteiger partial charge is 0.391 e. The van der Waals surface area contributed by atoms with Gasteiger partial charge in [0.1, 0.15) is 0 Å². The maximum atomic E-state index is 8.87. The Morgan fingerprint density at radius 1 is 1.44 bits per heavy atom. The van der Waals surface area contributed by atoms with Crippen LogP contribution in [0.3, 0.4) is 0 Å². The van der Waals surface area contributed by atoms with Crippen molar-refractivity contribution in [3.63, 3.8) is 0 Å². The van der Waals surface area contributed by atoms with Gasteiger partial charge in [-0.1, -0.05) is 32.6 Å². The monoisotopic (exact) mass is 166 g/mol. The van der Waals surface area contributed by atoms with Crippen molar-refractivity contribution in [1.82, 2.24) is 0 Å². The number of hydrogen-bond donors (Lipinski definition) is 1. The highest BCUT2D eigenvalue weighted by molar-refractivity contribution is 8.14. The SMILES string of the molecule is CC(C)(C)[P@@](C)(=S)CO. The Kier molecular flexibility index (Phi) is 2.87. The normalized spacial score (nSPS) is 19.2. The Morgan fingerprint density at radius 2 is 1.78 bits per heavy atom. The predicted molar refractivity (Wildman–Crippen MR) is 47.0 cm³/mol. The van der Waals surface area contributed by atoms with Gasteiger partial charge in [0.2, 0.25) is 0 Å². The summed E-state index contributed by atoms with van der Waals surface area (Å²) in [6.07, 6.45) is 0.186. The van der Waals surface area contributed by atoms with E-state index in [0.717, 1.165) is 0 Å². The summed E-state index contributed by atoms with van der Waals surface area (Å²) in [6, 6.07) is -1.47. The van der Waals surface area contributed by atoms with Crippen LogP contribution in [0.5, 0.6) is 0 Å². The van der Waals surface area contributed by atoms with Crippen LogP contribution in [0.25, 0.3) is 0 Å². The Labute approximate surface area is 62.5 Å². The van der Waals surface area contributed by atoms with Crippen LogP contribution in [0.15, 0.2) is 0 Å². The summed E-state index contributed by atoms with van der Waals surface area (Å²) in [6.45, 7) is 8.26. The van der Waals surface area contributed by atoms with Crippen molar-refractivity contribution in [2.24, 2.45) is 0 Å². The number of aliphatic hydroxyl groups is 1. The van der Waals surface area contributed by atoms with E-state index in [0.29, 0.717) is 0 Å². The smallest absolute Gasteiger partial charge is 0.0719 e. The second-order valence-electron chi connectivity index (χ2n) is 3.41. The zero-order valence-corrected chi connectivity index (χ0v) is 8.22. The van der Waals surface area contributed by atoms with Gasteiger partial charge in [-0.15, -0.1) is 0 Å². The van der Waals surface area contributed by atoms with Crippen LogP contribution in [-0.4, -0.2) is 23.3 Å². The lowest BCUT2D eigenvalue weighted by Gasteiger charge is -2.29. The third-order valence-corrected chi connectivity index (χ3v) is 7.06. The fourth-order valence-electron chi connectivity index (χ4n) is 0.212. The Balaban J connectivity index is 4.35. The summed E-state index contributed by atoms with van der Waals surface area (Å²) in [5.41, 5.74) is 0. The minimum Gasteiger partial charge on any atom is -0.391 e. The fourth-order valence-corrected chi connectivity index (χ4v) is 0.636. The van der Waals surface area contributed by atoms with Crippen LogP contribution in [0.4, 0.5) is 0 Å². The van der Waals surface area contributed by atoms with E-state index in [1.54, 1.807) is 0 Å². The fraction of sp³-hybridized carbons (Fsp3) is 1.00. The average Bonchev–Trinajstić information content (AvgIpc) is 1.64. The van der Waals surface area contributed by atoms with Gasteiger partial charge in [0.05, 0.1) is 6.35 Å². The predicted octanol–water partition coefficient (Wildman–Crippen LogP) is 1.84. The van der Waals surface area contributed by atoms with Crippen molar-refractivity contribution in [1.29, 1.82) is 0 Å². The maximum absolute atomic E-state index is 8.87. The van der Waals surface area contributed by atoms with Gasteiger partial charge in [-0.3, -0.25) is 0 Å². The molecular formula is C6H15OPS. The van der Waals surface area contributed by atoms with Gasteiger partial charge in [-0.2, -0.15) is 0 Å². The Morgan fingerprint density at radius 3 is 1.78 bits per heavy atom. The summed E-state index contributed by atoms with van der Waals surface area (Å²) in [7, 11) is 0. The molecule has 0 fully saturated rings. The highest BCUT2D eigenvalue weighted by Gasteiger charge is 2.25. The molecule has 0 bridgehead atoms. The first-order valence-electron chi connectivity index (χ1n) is 2.99. The summed E-state index contributed by atoms with van der Waals surface area (Å²) >= 11 is 5.24. The molecule has 0 rings (SSSR count). The molecule has 0 aliphatic rings. The molecule has 0 aromatic rings. The number of hydrogen-bond acceptors (Lipinski definition) is 2. The van der Waals surface area contributed by atoms with Crippen molar-refractivity contribution in [2.75, 3.05) is 13.0 Å². The summed E-state index contributed by atoms with van der Waals surface area (Å²) in [5, 5.41) is 9.00. The van der Waals surface area contributed by atoms with Gasteiger partial charge in [0.25, 0.3) is 0 Å². The molecule has 0 spiro atoms. The molecule has 3 heteroatoms. The van der Waals surface area contributed by atoms with Crippen LogP contribution in [0.1, 0.15) is 20.8 Å². The first kappa shape index (κ1) is 9.61. The Hall–Kier alpha value is 0.610. The first-order valence-corrected chi connectivity index (χ1v) is 6.42. The summed E-state index contributed by atoms with van der Waals surface area (Å²) in [4.78, 5) is 0. The minimum atomic E-state index is -1.47. The molecule has 1 nitrogen and oxygen atoms in total. The average molecular weight is 166 g/mol. The molecule has 0 aromatic carbocycles. The highest BCUT2D eigenvalue weighted by atomic mass is 32.4. The molecule has 1 N–H and O–H groups in total. The molecular weight excluding hydrogens is 151 g/mol. The standard InChI is InChI=1S/C6H15OPS/c1-6(2,3)8(4,9)5-7/h7H,5H2,1-4H3/t8-/m0/s1. The molecule has 0 aliphatic carbocycles. The van der Waals surface area contributed by atoms with E-state index >= 15 is 0 Å². The van der Waals surface area contributed by atoms with Gasteiger partial charge in [-0.05, 0) is 17.9 Å². The van der Waals surface area contributed by atoms with E-state index in [1.165, 1.54) is 0 Å². The van der Waals surface area contributed by atoms with Crippen LogP contribution in [0.2, 0.25) is 0 Å². The van der Waals surface area contributed by atoms with Crippen molar-refractivity contribution >= 4 is 17.8 Å². The molecule has 0 amide bonds. The third kappa shape index (κ3) is 2.37. The number of rotatable bonds is 1. The van der Waals surface area contributed by atoms with E-state index in [1.807, 2.05) is 6.66 Å². The molecule has 0 aliphatic heterocycles. The molecule has 0 saturated carbocycles. The molecule has 0 heterocycles. The summed E-state index contributed by atoms with van der Waals surface area (Å²) in [5.74, 6) is 0. The van der Waals surface area contributed by atoms with E-state index in [2.05, 4.69) is 20.8 Å². The van der Waals surface area contributed by atoms with Crippen LogP contribution in [-0.2, 0) is 11.8 Å². The third-order valence-electron chi connectivity index (χ3n) is 1.69. The van der Waals surface area contributed by atoms with Crippen LogP contribution >= 0.6 is 6.04 Å². The van der Waals surface area contributed by atoms with Gasteiger partial charge in [0, 0.05) is 0 Å². The zero-order valence-electron chi connectivity index (χ0n) is 6.51. The number of aliphatic hydroxyl groups excluding tert-OH is 1. The zero-order chi connectivity index (χ0) is 7.71. The second kappa shape index (κ2) is 2.69. The second-order valence-corrected chi connectivity index (χ2v) is 9.66. The minimum absolute atomic E-state index is 0.122. The quantitative estimate of drug-likeness (QED) is 0.600. The van der Waals surface area contributed by atoms with Crippen LogP contribution < -0.4 is 0 Å². The van der Waals surface area contributed by atoms with Gasteiger partial charge in [-0.25, -0.2) is 0 Å². The topological polar surface area (TPSA) is 20.2 Å². The van der Waals surface area contributed by atoms with E-state index in [-0.39, 0.29) is 11.5 Å². The summed E-state index contributed by atoms with van der Waals surface area (Å²) < 4.78 is 0. The van der Waals surface area contributed by atoms with Crippen molar-refractivity contribution in [3.8, 4) is 0 Å². The first-order chi connectivity index (χ1) is 3.81. The molecule has 9 heavy (non-hydrogen) atoms.